The van der Waals surface area contributed by atoms with Crippen LogP contribution in [-0.2, 0) is 14.8 Å². The van der Waals surface area contributed by atoms with Crippen molar-refractivity contribution in [1.82, 2.24) is 14.5 Å². The maximum Gasteiger partial charge on any atom is 0.243 e. The predicted octanol–water partition coefficient (Wildman–Crippen LogP) is 0.518. The third kappa shape index (κ3) is 4.28. The SMILES string of the molecule is CC(C)NC(=O)CN1CCN(S(=O)(=O)c2ccccc2)CC1. The summed E-state index contributed by atoms with van der Waals surface area (Å²) < 4.78 is 26.5. The van der Waals surface area contributed by atoms with Gasteiger partial charge in [-0.2, -0.15) is 4.31 Å². The van der Waals surface area contributed by atoms with Gasteiger partial charge < -0.3 is 5.32 Å². The first kappa shape index (κ1) is 16.9. The molecular formula is C15H23N3O3S. The van der Waals surface area contributed by atoms with Gasteiger partial charge in [-0.25, -0.2) is 8.42 Å². The molecular weight excluding hydrogens is 302 g/mol. The average molecular weight is 325 g/mol. The Bertz CT molecular complexity index is 594. The van der Waals surface area contributed by atoms with Gasteiger partial charge in [0, 0.05) is 32.2 Å². The van der Waals surface area contributed by atoms with E-state index in [1.807, 2.05) is 18.7 Å². The highest BCUT2D eigenvalue weighted by molar-refractivity contribution is 7.89. The van der Waals surface area contributed by atoms with Crippen LogP contribution < -0.4 is 5.32 Å². The third-order valence-corrected chi connectivity index (χ3v) is 5.44. The smallest absolute Gasteiger partial charge is 0.243 e. The topological polar surface area (TPSA) is 69.7 Å². The van der Waals surface area contributed by atoms with E-state index in [0.717, 1.165) is 0 Å². The molecule has 0 saturated carbocycles. The first-order valence-corrected chi connectivity index (χ1v) is 8.90. The van der Waals surface area contributed by atoms with Gasteiger partial charge in [0.05, 0.1) is 11.4 Å². The van der Waals surface area contributed by atoms with Crippen molar-refractivity contribution in [2.24, 2.45) is 0 Å². The first-order valence-electron chi connectivity index (χ1n) is 7.46. The third-order valence-electron chi connectivity index (χ3n) is 3.53. The highest BCUT2D eigenvalue weighted by atomic mass is 32.2. The summed E-state index contributed by atoms with van der Waals surface area (Å²) in [6.45, 7) is 6.11. The van der Waals surface area contributed by atoms with Crippen molar-refractivity contribution in [1.29, 1.82) is 0 Å². The van der Waals surface area contributed by atoms with Crippen molar-refractivity contribution in [2.45, 2.75) is 24.8 Å². The van der Waals surface area contributed by atoms with Gasteiger partial charge in [0.15, 0.2) is 0 Å². The summed E-state index contributed by atoms with van der Waals surface area (Å²) in [5.74, 6) is -0.0191. The molecule has 1 aliphatic heterocycles. The summed E-state index contributed by atoms with van der Waals surface area (Å²) in [6.07, 6.45) is 0. The van der Waals surface area contributed by atoms with Crippen molar-refractivity contribution in [2.75, 3.05) is 32.7 Å². The lowest BCUT2D eigenvalue weighted by molar-refractivity contribution is -0.123. The molecule has 1 heterocycles. The second-order valence-corrected chi connectivity index (χ2v) is 7.65. The molecule has 0 radical (unpaired) electrons. The highest BCUT2D eigenvalue weighted by Crippen LogP contribution is 2.16. The summed E-state index contributed by atoms with van der Waals surface area (Å²) in [5.41, 5.74) is 0. The van der Waals surface area contributed by atoms with Crippen LogP contribution in [-0.4, -0.2) is 62.3 Å². The van der Waals surface area contributed by atoms with Crippen LogP contribution in [0.5, 0.6) is 0 Å². The molecule has 2 rings (SSSR count). The molecule has 0 atom stereocenters. The molecule has 1 N–H and O–H groups in total. The van der Waals surface area contributed by atoms with E-state index in [-0.39, 0.29) is 11.9 Å². The second-order valence-electron chi connectivity index (χ2n) is 5.72. The van der Waals surface area contributed by atoms with Gasteiger partial charge in [0.2, 0.25) is 15.9 Å². The van der Waals surface area contributed by atoms with Crippen molar-refractivity contribution >= 4 is 15.9 Å². The molecule has 1 amide bonds. The number of nitrogens with zero attached hydrogens (tertiary/aromatic N) is 2. The van der Waals surface area contributed by atoms with Gasteiger partial charge >= 0.3 is 0 Å². The zero-order chi connectivity index (χ0) is 16.2. The van der Waals surface area contributed by atoms with E-state index in [1.54, 1.807) is 30.3 Å². The van der Waals surface area contributed by atoms with Gasteiger partial charge in [-0.15, -0.1) is 0 Å². The summed E-state index contributed by atoms with van der Waals surface area (Å²) in [6, 6.07) is 8.57. The van der Waals surface area contributed by atoms with Crippen LogP contribution in [0, 0.1) is 0 Å². The number of hydrogen-bond acceptors (Lipinski definition) is 4. The van der Waals surface area contributed by atoms with Crippen LogP contribution in [0.4, 0.5) is 0 Å². The van der Waals surface area contributed by atoms with Crippen LogP contribution in [0.25, 0.3) is 0 Å². The monoisotopic (exact) mass is 325 g/mol. The molecule has 1 aromatic carbocycles. The van der Waals surface area contributed by atoms with Crippen LogP contribution in [0.3, 0.4) is 0 Å². The molecule has 22 heavy (non-hydrogen) atoms. The van der Waals surface area contributed by atoms with Crippen molar-refractivity contribution in [3.8, 4) is 0 Å². The van der Waals surface area contributed by atoms with Crippen LogP contribution in [0.15, 0.2) is 35.2 Å². The zero-order valence-electron chi connectivity index (χ0n) is 13.0. The molecule has 0 aliphatic carbocycles. The summed E-state index contributed by atoms with van der Waals surface area (Å²) in [4.78, 5) is 14.0. The molecule has 1 aromatic rings. The van der Waals surface area contributed by atoms with E-state index in [9.17, 15) is 13.2 Å². The molecule has 122 valence electrons. The minimum absolute atomic E-state index is 0.0191. The lowest BCUT2D eigenvalue weighted by Gasteiger charge is -2.33. The fourth-order valence-corrected chi connectivity index (χ4v) is 3.88. The minimum Gasteiger partial charge on any atom is -0.353 e. The van der Waals surface area contributed by atoms with Crippen molar-refractivity contribution in [3.63, 3.8) is 0 Å². The summed E-state index contributed by atoms with van der Waals surface area (Å²) in [7, 11) is -3.43. The van der Waals surface area contributed by atoms with Gasteiger partial charge in [0.1, 0.15) is 0 Å². The molecule has 0 unspecified atom stereocenters. The largest absolute Gasteiger partial charge is 0.353 e. The van der Waals surface area contributed by atoms with Crippen LogP contribution in [0.1, 0.15) is 13.8 Å². The number of carbonyl (C=O) groups is 1. The Hall–Kier alpha value is -1.44. The molecule has 1 saturated heterocycles. The molecule has 6 nitrogen and oxygen atoms in total. The summed E-state index contributed by atoms with van der Waals surface area (Å²) in [5, 5.41) is 2.84. The minimum atomic E-state index is -3.43. The quantitative estimate of drug-likeness (QED) is 0.857. The fourth-order valence-electron chi connectivity index (χ4n) is 2.44. The first-order chi connectivity index (χ1) is 10.4. The standard InChI is InChI=1S/C15H23N3O3S/c1-13(2)16-15(19)12-17-8-10-18(11-9-17)22(20,21)14-6-4-3-5-7-14/h3-7,13H,8-12H2,1-2H3,(H,16,19). The Morgan fingerprint density at radius 1 is 1.14 bits per heavy atom. The van der Waals surface area contributed by atoms with Crippen LogP contribution in [0.2, 0.25) is 0 Å². The Kier molecular flexibility index (Phi) is 5.55. The highest BCUT2D eigenvalue weighted by Gasteiger charge is 2.28. The number of piperazine rings is 1. The second kappa shape index (κ2) is 7.21. The van der Waals surface area contributed by atoms with Gasteiger partial charge in [-0.1, -0.05) is 18.2 Å². The van der Waals surface area contributed by atoms with Crippen LogP contribution >= 0.6 is 0 Å². The number of rotatable bonds is 5. The Labute approximate surface area is 132 Å². The Balaban J connectivity index is 1.91. The molecule has 1 fully saturated rings. The predicted molar refractivity (Wildman–Crippen MR) is 84.9 cm³/mol. The van der Waals surface area contributed by atoms with E-state index in [0.29, 0.717) is 37.6 Å². The molecule has 0 aromatic heterocycles. The molecule has 0 spiro atoms. The number of sulfonamides is 1. The average Bonchev–Trinajstić information content (AvgIpc) is 2.48. The van der Waals surface area contributed by atoms with E-state index >= 15 is 0 Å². The number of carbonyl (C=O) groups excluding carboxylic acids is 1. The number of nitrogens with one attached hydrogen (secondary N) is 1. The van der Waals surface area contributed by atoms with Crippen molar-refractivity contribution in [3.05, 3.63) is 30.3 Å². The lowest BCUT2D eigenvalue weighted by Crippen LogP contribution is -2.51. The van der Waals surface area contributed by atoms with Gasteiger partial charge in [0.25, 0.3) is 0 Å². The Morgan fingerprint density at radius 2 is 1.73 bits per heavy atom. The molecule has 0 bridgehead atoms. The maximum atomic E-state index is 12.5. The zero-order valence-corrected chi connectivity index (χ0v) is 13.8. The van der Waals surface area contributed by atoms with Gasteiger partial charge in [-0.05, 0) is 26.0 Å². The molecule has 7 heteroatoms. The normalized spacial score (nSPS) is 17.6. The fraction of sp³-hybridized carbons (Fsp3) is 0.533. The maximum absolute atomic E-state index is 12.5. The number of hydrogen-bond donors (Lipinski definition) is 1. The van der Waals surface area contributed by atoms with E-state index in [4.69, 9.17) is 0 Å². The van der Waals surface area contributed by atoms with E-state index < -0.39 is 10.0 Å². The van der Waals surface area contributed by atoms with Crippen molar-refractivity contribution < 1.29 is 13.2 Å². The number of benzene rings is 1. The van der Waals surface area contributed by atoms with Gasteiger partial charge in [-0.3, -0.25) is 9.69 Å². The van der Waals surface area contributed by atoms with E-state index in [1.165, 1.54) is 4.31 Å². The number of amides is 1. The van der Waals surface area contributed by atoms with E-state index in [2.05, 4.69) is 5.32 Å². The Morgan fingerprint density at radius 3 is 2.27 bits per heavy atom. The summed E-state index contributed by atoms with van der Waals surface area (Å²) >= 11 is 0. The lowest BCUT2D eigenvalue weighted by atomic mass is 10.3. The molecule has 1 aliphatic rings.